The van der Waals surface area contributed by atoms with E-state index >= 15 is 0 Å². The number of imidazole rings is 1. The van der Waals surface area contributed by atoms with E-state index in [2.05, 4.69) is 47.4 Å². The molecule has 1 aliphatic carbocycles. The molecule has 1 saturated carbocycles. The predicted octanol–water partition coefficient (Wildman–Crippen LogP) is 3.70. The third kappa shape index (κ3) is 5.12. The highest BCUT2D eigenvalue weighted by Gasteiger charge is 2.23. The number of hydrogen-bond acceptors (Lipinski definition) is 7. The molecule has 31 heavy (non-hydrogen) atoms. The molecule has 2 fully saturated rings. The first-order chi connectivity index (χ1) is 15.0. The lowest BCUT2D eigenvalue weighted by Crippen LogP contribution is -2.40. The van der Waals surface area contributed by atoms with Crippen LogP contribution in [-0.4, -0.2) is 75.9 Å². The van der Waals surface area contributed by atoms with Crippen molar-refractivity contribution in [3.8, 4) is 0 Å². The second-order valence-electron chi connectivity index (χ2n) is 9.44. The van der Waals surface area contributed by atoms with Crippen molar-refractivity contribution in [2.24, 2.45) is 0 Å². The standard InChI is InChI=1S/C23H39N7O/c1-17(2)29(18(3)4)11-10-24-21-20-22(27-23(26-21)28-12-14-31-15-13-28)30(16-25-20)19-8-6-5-7-9-19/h16-19H,5-15H2,1-4H3,(H,24,26,27). The molecule has 1 aliphatic heterocycles. The monoisotopic (exact) mass is 429 g/mol. The van der Waals surface area contributed by atoms with E-state index in [1.807, 2.05) is 6.33 Å². The van der Waals surface area contributed by atoms with Crippen LogP contribution in [-0.2, 0) is 4.74 Å². The summed E-state index contributed by atoms with van der Waals surface area (Å²) in [4.78, 5) is 19.4. The molecule has 8 nitrogen and oxygen atoms in total. The molecule has 8 heteroatoms. The number of anilines is 2. The Labute approximate surface area is 186 Å². The molecule has 0 unspecified atom stereocenters. The zero-order valence-corrected chi connectivity index (χ0v) is 19.7. The van der Waals surface area contributed by atoms with Crippen molar-refractivity contribution in [2.75, 3.05) is 49.6 Å². The molecule has 0 amide bonds. The Morgan fingerprint density at radius 1 is 1.06 bits per heavy atom. The van der Waals surface area contributed by atoms with Crippen LogP contribution in [0.3, 0.4) is 0 Å². The molecule has 0 aromatic carbocycles. The van der Waals surface area contributed by atoms with Crippen molar-refractivity contribution in [3.05, 3.63) is 6.33 Å². The maximum atomic E-state index is 5.54. The number of morpholine rings is 1. The van der Waals surface area contributed by atoms with Gasteiger partial charge in [0.1, 0.15) is 0 Å². The van der Waals surface area contributed by atoms with Crippen LogP contribution in [0.1, 0.15) is 65.8 Å². The highest BCUT2D eigenvalue weighted by Crippen LogP contribution is 2.32. The van der Waals surface area contributed by atoms with Gasteiger partial charge in [0.15, 0.2) is 17.0 Å². The van der Waals surface area contributed by atoms with Crippen LogP contribution in [0.2, 0.25) is 0 Å². The number of fused-ring (bicyclic) bond motifs is 1. The average molecular weight is 430 g/mol. The van der Waals surface area contributed by atoms with E-state index in [1.165, 1.54) is 32.1 Å². The number of rotatable bonds is 8. The van der Waals surface area contributed by atoms with Gasteiger partial charge >= 0.3 is 0 Å². The topological polar surface area (TPSA) is 71.3 Å². The molecule has 2 aliphatic rings. The Hall–Kier alpha value is -1.93. The van der Waals surface area contributed by atoms with Crippen LogP contribution in [0.25, 0.3) is 11.2 Å². The largest absolute Gasteiger partial charge is 0.378 e. The summed E-state index contributed by atoms with van der Waals surface area (Å²) in [5.74, 6) is 1.65. The zero-order valence-electron chi connectivity index (χ0n) is 19.7. The fourth-order valence-corrected chi connectivity index (χ4v) is 4.98. The van der Waals surface area contributed by atoms with Crippen molar-refractivity contribution in [1.29, 1.82) is 0 Å². The predicted molar refractivity (Wildman–Crippen MR) is 126 cm³/mol. The molecule has 1 N–H and O–H groups in total. The fourth-order valence-electron chi connectivity index (χ4n) is 4.98. The summed E-state index contributed by atoms with van der Waals surface area (Å²) in [6.45, 7) is 13.9. The summed E-state index contributed by atoms with van der Waals surface area (Å²) in [7, 11) is 0. The molecule has 172 valence electrons. The van der Waals surface area contributed by atoms with Crippen molar-refractivity contribution in [2.45, 2.75) is 77.9 Å². The lowest BCUT2D eigenvalue weighted by molar-refractivity contribution is 0.122. The summed E-state index contributed by atoms with van der Waals surface area (Å²) in [5.41, 5.74) is 1.86. The van der Waals surface area contributed by atoms with Gasteiger partial charge in [0.2, 0.25) is 5.95 Å². The smallest absolute Gasteiger partial charge is 0.229 e. The van der Waals surface area contributed by atoms with Gasteiger partial charge in [-0.3, -0.25) is 4.90 Å². The third-order valence-electron chi connectivity index (χ3n) is 6.66. The van der Waals surface area contributed by atoms with Crippen LogP contribution in [0.4, 0.5) is 11.8 Å². The minimum absolute atomic E-state index is 0.497. The number of aromatic nitrogens is 4. The highest BCUT2D eigenvalue weighted by molar-refractivity contribution is 5.84. The summed E-state index contributed by atoms with van der Waals surface area (Å²) in [6, 6.07) is 1.53. The van der Waals surface area contributed by atoms with Crippen molar-refractivity contribution in [3.63, 3.8) is 0 Å². The SMILES string of the molecule is CC(C)N(CCNc1nc(N2CCOCC2)nc2c1ncn2C1CCCCC1)C(C)C. The lowest BCUT2D eigenvalue weighted by atomic mass is 9.95. The van der Waals surface area contributed by atoms with Crippen molar-refractivity contribution in [1.82, 2.24) is 24.4 Å². The minimum Gasteiger partial charge on any atom is -0.378 e. The quantitative estimate of drug-likeness (QED) is 0.686. The molecule has 3 heterocycles. The molecule has 2 aromatic rings. The van der Waals surface area contributed by atoms with Crippen LogP contribution in [0.5, 0.6) is 0 Å². The van der Waals surface area contributed by atoms with E-state index in [4.69, 9.17) is 19.7 Å². The molecule has 4 rings (SSSR count). The summed E-state index contributed by atoms with van der Waals surface area (Å²) < 4.78 is 7.85. The van der Waals surface area contributed by atoms with Crippen LogP contribution >= 0.6 is 0 Å². The number of nitrogens with zero attached hydrogens (tertiary/aromatic N) is 6. The first kappa shape index (κ1) is 22.3. The Morgan fingerprint density at radius 3 is 2.45 bits per heavy atom. The summed E-state index contributed by atoms with van der Waals surface area (Å²) >= 11 is 0. The maximum absolute atomic E-state index is 5.54. The van der Waals surface area contributed by atoms with Gasteiger partial charge in [-0.25, -0.2) is 4.98 Å². The molecule has 0 bridgehead atoms. The van der Waals surface area contributed by atoms with E-state index < -0.39 is 0 Å². The van der Waals surface area contributed by atoms with Crippen LogP contribution in [0, 0.1) is 0 Å². The van der Waals surface area contributed by atoms with E-state index in [0.29, 0.717) is 18.1 Å². The molecular formula is C23H39N7O. The number of hydrogen-bond donors (Lipinski definition) is 1. The molecule has 1 saturated heterocycles. The second kappa shape index (κ2) is 10.1. The molecular weight excluding hydrogens is 390 g/mol. The fraction of sp³-hybridized carbons (Fsp3) is 0.783. The van der Waals surface area contributed by atoms with E-state index in [1.54, 1.807) is 0 Å². The zero-order chi connectivity index (χ0) is 21.8. The Morgan fingerprint density at radius 2 is 1.77 bits per heavy atom. The highest BCUT2D eigenvalue weighted by atomic mass is 16.5. The van der Waals surface area contributed by atoms with Gasteiger partial charge < -0.3 is 19.5 Å². The molecule has 0 atom stereocenters. The van der Waals surface area contributed by atoms with Gasteiger partial charge in [0.25, 0.3) is 0 Å². The van der Waals surface area contributed by atoms with E-state index in [0.717, 1.165) is 62.3 Å². The van der Waals surface area contributed by atoms with Gasteiger partial charge in [-0.1, -0.05) is 19.3 Å². The molecule has 0 spiro atoms. The number of ether oxygens (including phenoxy) is 1. The molecule has 2 aromatic heterocycles. The summed E-state index contributed by atoms with van der Waals surface area (Å²) in [6.07, 6.45) is 8.32. The van der Waals surface area contributed by atoms with E-state index in [9.17, 15) is 0 Å². The van der Waals surface area contributed by atoms with Gasteiger partial charge in [0.05, 0.1) is 19.5 Å². The minimum atomic E-state index is 0.497. The number of nitrogens with one attached hydrogen (secondary N) is 1. The Balaban J connectivity index is 1.61. The van der Waals surface area contributed by atoms with E-state index in [-0.39, 0.29) is 0 Å². The van der Waals surface area contributed by atoms with Gasteiger partial charge in [-0.05, 0) is 40.5 Å². The maximum Gasteiger partial charge on any atom is 0.229 e. The van der Waals surface area contributed by atoms with Crippen LogP contribution < -0.4 is 10.2 Å². The Bertz CT molecular complexity index is 830. The second-order valence-corrected chi connectivity index (χ2v) is 9.44. The van der Waals surface area contributed by atoms with Crippen LogP contribution in [0.15, 0.2) is 6.33 Å². The van der Waals surface area contributed by atoms with Gasteiger partial charge in [-0.15, -0.1) is 0 Å². The van der Waals surface area contributed by atoms with Crippen molar-refractivity contribution < 1.29 is 4.74 Å². The molecule has 0 radical (unpaired) electrons. The lowest BCUT2D eigenvalue weighted by Gasteiger charge is -2.30. The Kier molecular flexibility index (Phi) is 7.27. The van der Waals surface area contributed by atoms with Gasteiger partial charge in [0, 0.05) is 44.3 Å². The summed E-state index contributed by atoms with van der Waals surface area (Å²) in [5, 5.41) is 3.60. The van der Waals surface area contributed by atoms with Crippen molar-refractivity contribution >= 4 is 22.9 Å². The average Bonchev–Trinajstić information content (AvgIpc) is 3.21. The third-order valence-corrected chi connectivity index (χ3v) is 6.66. The first-order valence-corrected chi connectivity index (χ1v) is 12.1. The van der Waals surface area contributed by atoms with Gasteiger partial charge in [-0.2, -0.15) is 9.97 Å². The first-order valence-electron chi connectivity index (χ1n) is 12.1. The normalized spacial score (nSPS) is 18.6.